The van der Waals surface area contributed by atoms with Crippen LogP contribution in [0.15, 0.2) is 54.6 Å². The van der Waals surface area contributed by atoms with Crippen molar-refractivity contribution in [1.82, 2.24) is 15.1 Å². The number of carbonyl (C=O) groups is 1. The van der Waals surface area contributed by atoms with Crippen LogP contribution >= 0.6 is 11.6 Å². The first-order chi connectivity index (χ1) is 15.0. The second kappa shape index (κ2) is 9.22. The van der Waals surface area contributed by atoms with Gasteiger partial charge in [-0.05, 0) is 37.3 Å². The Hall–Kier alpha value is -3.32. The van der Waals surface area contributed by atoms with Crippen LogP contribution in [0, 0.1) is 6.92 Å². The van der Waals surface area contributed by atoms with Gasteiger partial charge in [-0.3, -0.25) is 0 Å². The zero-order valence-corrected chi connectivity index (χ0v) is 18.3. The number of halogens is 1. The van der Waals surface area contributed by atoms with Crippen molar-refractivity contribution in [3.63, 3.8) is 0 Å². The number of hydrogen-bond donors (Lipinski definition) is 1. The van der Waals surface area contributed by atoms with Crippen molar-refractivity contribution >= 4 is 29.1 Å². The van der Waals surface area contributed by atoms with Gasteiger partial charge in [-0.1, -0.05) is 41.4 Å². The van der Waals surface area contributed by atoms with Gasteiger partial charge in [0, 0.05) is 36.8 Å². The Labute approximate surface area is 186 Å². The number of aromatic nitrogens is 2. The highest BCUT2D eigenvalue weighted by molar-refractivity contribution is 6.31. The maximum atomic E-state index is 12.7. The van der Waals surface area contributed by atoms with Crippen LogP contribution < -0.4 is 15.0 Å². The van der Waals surface area contributed by atoms with Crippen molar-refractivity contribution in [3.8, 4) is 17.0 Å². The number of amides is 2. The third-order valence-electron chi connectivity index (χ3n) is 5.29. The number of rotatable bonds is 4. The van der Waals surface area contributed by atoms with Gasteiger partial charge in [0.1, 0.15) is 5.75 Å². The normalized spacial score (nSPS) is 13.8. The van der Waals surface area contributed by atoms with Gasteiger partial charge in [-0.15, -0.1) is 10.2 Å². The number of urea groups is 1. The zero-order chi connectivity index (χ0) is 21.8. The second-order valence-corrected chi connectivity index (χ2v) is 7.83. The summed E-state index contributed by atoms with van der Waals surface area (Å²) in [5.41, 5.74) is 3.66. The fraction of sp³-hybridized carbons (Fsp3) is 0.261. The number of benzene rings is 2. The molecule has 1 aliphatic heterocycles. The van der Waals surface area contributed by atoms with Gasteiger partial charge >= 0.3 is 6.03 Å². The molecule has 4 rings (SSSR count). The number of nitrogens with zero attached hydrogens (tertiary/aromatic N) is 4. The lowest BCUT2D eigenvalue weighted by molar-refractivity contribution is 0.208. The molecule has 0 spiro atoms. The van der Waals surface area contributed by atoms with Crippen LogP contribution in [0.25, 0.3) is 11.3 Å². The standard InChI is InChI=1S/C23H24ClN5O2/c1-16-3-5-17(6-4-16)19-8-10-22(27-26-19)28-11-13-29(14-12-28)23(30)25-20-15-18(24)7-9-21(20)31-2/h3-10,15H,11-14H2,1-2H3,(H,25,30). The summed E-state index contributed by atoms with van der Waals surface area (Å²) in [5, 5.41) is 12.2. The van der Waals surface area contributed by atoms with Crippen molar-refractivity contribution in [1.29, 1.82) is 0 Å². The summed E-state index contributed by atoms with van der Waals surface area (Å²) in [5.74, 6) is 1.38. The molecule has 0 atom stereocenters. The fourth-order valence-electron chi connectivity index (χ4n) is 3.48. The quantitative estimate of drug-likeness (QED) is 0.652. The van der Waals surface area contributed by atoms with Crippen molar-refractivity contribution in [2.24, 2.45) is 0 Å². The van der Waals surface area contributed by atoms with Crippen molar-refractivity contribution in [3.05, 3.63) is 65.2 Å². The van der Waals surface area contributed by atoms with Gasteiger partial charge in [-0.25, -0.2) is 4.79 Å². The Morgan fingerprint density at radius 1 is 1.00 bits per heavy atom. The van der Waals surface area contributed by atoms with E-state index < -0.39 is 0 Å². The molecule has 3 aromatic rings. The first-order valence-corrected chi connectivity index (χ1v) is 10.5. The lowest BCUT2D eigenvalue weighted by Gasteiger charge is -2.35. The number of anilines is 2. The van der Waals surface area contributed by atoms with E-state index in [9.17, 15) is 4.79 Å². The summed E-state index contributed by atoms with van der Waals surface area (Å²) in [7, 11) is 1.56. The Bertz CT molecular complexity index is 1050. The molecule has 0 bridgehead atoms. The second-order valence-electron chi connectivity index (χ2n) is 7.39. The van der Waals surface area contributed by atoms with Crippen LogP contribution in [0.2, 0.25) is 5.02 Å². The molecular formula is C23H24ClN5O2. The Morgan fingerprint density at radius 2 is 1.74 bits per heavy atom. The van der Waals surface area contributed by atoms with Crippen LogP contribution in [0.5, 0.6) is 5.75 Å². The van der Waals surface area contributed by atoms with E-state index in [1.165, 1.54) is 5.56 Å². The average molecular weight is 438 g/mol. The number of carbonyl (C=O) groups excluding carboxylic acids is 1. The van der Waals surface area contributed by atoms with Crippen LogP contribution in [-0.4, -0.2) is 54.4 Å². The molecule has 2 heterocycles. The van der Waals surface area contributed by atoms with Gasteiger partial charge in [0.05, 0.1) is 18.5 Å². The van der Waals surface area contributed by atoms with Crippen LogP contribution in [0.1, 0.15) is 5.56 Å². The smallest absolute Gasteiger partial charge is 0.322 e. The van der Waals surface area contributed by atoms with E-state index >= 15 is 0 Å². The van der Waals surface area contributed by atoms with E-state index in [4.69, 9.17) is 16.3 Å². The van der Waals surface area contributed by atoms with Gasteiger partial charge in [0.25, 0.3) is 0 Å². The molecule has 0 radical (unpaired) electrons. The van der Waals surface area contributed by atoms with E-state index in [0.29, 0.717) is 42.6 Å². The monoisotopic (exact) mass is 437 g/mol. The molecule has 1 fully saturated rings. The number of piperazine rings is 1. The summed E-state index contributed by atoms with van der Waals surface area (Å²) >= 11 is 6.05. The third kappa shape index (κ3) is 4.88. The summed E-state index contributed by atoms with van der Waals surface area (Å²) in [6.07, 6.45) is 0. The van der Waals surface area contributed by atoms with E-state index in [-0.39, 0.29) is 6.03 Å². The molecular weight excluding hydrogens is 414 g/mol. The maximum absolute atomic E-state index is 12.7. The van der Waals surface area contributed by atoms with Crippen LogP contribution in [0.4, 0.5) is 16.3 Å². The first kappa shape index (κ1) is 20.9. The fourth-order valence-corrected chi connectivity index (χ4v) is 3.66. The minimum Gasteiger partial charge on any atom is -0.495 e. The molecule has 8 heteroatoms. The molecule has 1 N–H and O–H groups in total. The number of nitrogens with one attached hydrogen (secondary N) is 1. The number of ether oxygens (including phenoxy) is 1. The molecule has 160 valence electrons. The average Bonchev–Trinajstić information content (AvgIpc) is 2.80. The first-order valence-electron chi connectivity index (χ1n) is 10.1. The number of methoxy groups -OCH3 is 1. The third-order valence-corrected chi connectivity index (χ3v) is 5.53. The zero-order valence-electron chi connectivity index (χ0n) is 17.5. The molecule has 1 saturated heterocycles. The molecule has 2 amide bonds. The minimum absolute atomic E-state index is 0.180. The number of hydrogen-bond acceptors (Lipinski definition) is 5. The van der Waals surface area contributed by atoms with Crippen molar-refractivity contribution in [2.75, 3.05) is 43.5 Å². The SMILES string of the molecule is COc1ccc(Cl)cc1NC(=O)N1CCN(c2ccc(-c3ccc(C)cc3)nn2)CC1. The summed E-state index contributed by atoms with van der Waals surface area (Å²) < 4.78 is 5.30. The topological polar surface area (TPSA) is 70.6 Å². The number of aryl methyl sites for hydroxylation is 1. The predicted octanol–water partition coefficient (Wildman–Crippen LogP) is 4.47. The molecule has 1 aliphatic rings. The molecule has 0 saturated carbocycles. The lowest BCUT2D eigenvalue weighted by atomic mass is 10.1. The van der Waals surface area contributed by atoms with E-state index in [1.807, 2.05) is 24.3 Å². The molecule has 7 nitrogen and oxygen atoms in total. The molecule has 2 aromatic carbocycles. The Kier molecular flexibility index (Phi) is 6.23. The molecule has 31 heavy (non-hydrogen) atoms. The van der Waals surface area contributed by atoms with Gasteiger partial charge < -0.3 is 19.9 Å². The van der Waals surface area contributed by atoms with E-state index in [0.717, 1.165) is 17.1 Å². The predicted molar refractivity (Wildman–Crippen MR) is 123 cm³/mol. The summed E-state index contributed by atoms with van der Waals surface area (Å²) in [4.78, 5) is 16.6. The van der Waals surface area contributed by atoms with E-state index in [2.05, 4.69) is 39.5 Å². The summed E-state index contributed by atoms with van der Waals surface area (Å²) in [6, 6.07) is 17.1. The Morgan fingerprint density at radius 3 is 2.39 bits per heavy atom. The van der Waals surface area contributed by atoms with Crippen molar-refractivity contribution < 1.29 is 9.53 Å². The molecule has 0 unspecified atom stereocenters. The molecule has 1 aromatic heterocycles. The van der Waals surface area contributed by atoms with Crippen molar-refractivity contribution in [2.45, 2.75) is 6.92 Å². The van der Waals surface area contributed by atoms with Gasteiger partial charge in [0.15, 0.2) is 5.82 Å². The highest BCUT2D eigenvalue weighted by Gasteiger charge is 2.23. The highest BCUT2D eigenvalue weighted by atomic mass is 35.5. The van der Waals surface area contributed by atoms with E-state index in [1.54, 1.807) is 30.2 Å². The Balaban J connectivity index is 1.35. The van der Waals surface area contributed by atoms with Crippen LogP contribution in [0.3, 0.4) is 0 Å². The largest absolute Gasteiger partial charge is 0.495 e. The lowest BCUT2D eigenvalue weighted by Crippen LogP contribution is -2.50. The minimum atomic E-state index is -0.180. The van der Waals surface area contributed by atoms with Gasteiger partial charge in [0.2, 0.25) is 0 Å². The maximum Gasteiger partial charge on any atom is 0.322 e. The molecule has 0 aliphatic carbocycles. The van der Waals surface area contributed by atoms with Gasteiger partial charge in [-0.2, -0.15) is 0 Å². The highest BCUT2D eigenvalue weighted by Crippen LogP contribution is 2.28. The van der Waals surface area contributed by atoms with Crippen LogP contribution in [-0.2, 0) is 0 Å². The summed E-state index contributed by atoms with van der Waals surface area (Å²) in [6.45, 7) is 4.58.